The third-order valence-corrected chi connectivity index (χ3v) is 2.26. The molecule has 0 fully saturated rings. The third kappa shape index (κ3) is 4.17. The van der Waals surface area contributed by atoms with Crippen LogP contribution in [0.5, 0.6) is 0 Å². The number of hydrogen-bond donors (Lipinski definition) is 2. The van der Waals surface area contributed by atoms with Gasteiger partial charge in [0.1, 0.15) is 0 Å². The summed E-state index contributed by atoms with van der Waals surface area (Å²) in [6, 6.07) is -0.357. The molecule has 0 atom stereocenters. The smallest absolute Gasteiger partial charge is 0.323 e. The monoisotopic (exact) mass is 245 g/mol. The number of nitrogens with one attached hydrogen (secondary N) is 1. The van der Waals surface area contributed by atoms with E-state index in [0.29, 0.717) is 18.1 Å². The van der Waals surface area contributed by atoms with E-state index in [0.717, 1.165) is 11.5 Å². The molecule has 8 nitrogen and oxygen atoms in total. The minimum atomic E-state index is -0.873. The van der Waals surface area contributed by atoms with Crippen molar-refractivity contribution >= 4 is 28.7 Å². The van der Waals surface area contributed by atoms with Crippen molar-refractivity contribution in [2.45, 2.75) is 12.8 Å². The van der Waals surface area contributed by atoms with E-state index in [2.05, 4.69) is 20.1 Å². The largest absolute Gasteiger partial charge is 0.481 e. The molecule has 0 saturated heterocycles. The number of aromatic nitrogens is 3. The van der Waals surface area contributed by atoms with Crippen LogP contribution >= 0.6 is 11.5 Å². The molecule has 0 aliphatic heterocycles. The summed E-state index contributed by atoms with van der Waals surface area (Å²) in [5, 5.41) is 18.1. The van der Waals surface area contributed by atoms with Gasteiger partial charge in [0.15, 0.2) is 0 Å². The summed E-state index contributed by atoms with van der Waals surface area (Å²) in [7, 11) is 1.58. The summed E-state index contributed by atoms with van der Waals surface area (Å²) < 4.78 is 3.49. The zero-order chi connectivity index (χ0) is 12.0. The van der Waals surface area contributed by atoms with Crippen LogP contribution in [0, 0.1) is 0 Å². The maximum absolute atomic E-state index is 11.5. The zero-order valence-corrected chi connectivity index (χ0v) is 9.40. The average Bonchev–Trinajstić information content (AvgIpc) is 2.69. The maximum Gasteiger partial charge on any atom is 0.323 e. The molecule has 88 valence electrons. The molecule has 16 heavy (non-hydrogen) atoms. The van der Waals surface area contributed by atoms with E-state index in [9.17, 15) is 9.59 Å². The first-order chi connectivity index (χ1) is 7.59. The molecule has 1 heterocycles. The Hall–Kier alpha value is -1.77. The standard InChI is InChI=1S/C7H11N5O3S/c1-12(4-2-3-5(13)14)7(15)8-6-9-10-11-16-6/h2-4H2,1H3,(H,13,14)(H,8,9,11,15). The van der Waals surface area contributed by atoms with E-state index in [1.54, 1.807) is 7.05 Å². The Morgan fingerprint density at radius 2 is 2.31 bits per heavy atom. The second-order valence-corrected chi connectivity index (χ2v) is 3.75. The van der Waals surface area contributed by atoms with E-state index in [4.69, 9.17) is 5.11 Å². The molecule has 0 aliphatic carbocycles. The lowest BCUT2D eigenvalue weighted by atomic mass is 10.3. The average molecular weight is 245 g/mol. The number of carbonyl (C=O) groups excluding carboxylic acids is 1. The molecular weight excluding hydrogens is 234 g/mol. The maximum atomic E-state index is 11.5. The van der Waals surface area contributed by atoms with Crippen molar-refractivity contribution in [1.29, 1.82) is 0 Å². The lowest BCUT2D eigenvalue weighted by Crippen LogP contribution is -2.32. The van der Waals surface area contributed by atoms with Gasteiger partial charge < -0.3 is 10.0 Å². The Labute approximate surface area is 95.4 Å². The topological polar surface area (TPSA) is 108 Å². The van der Waals surface area contributed by atoms with E-state index in [-0.39, 0.29) is 12.5 Å². The number of anilines is 1. The molecule has 2 N–H and O–H groups in total. The van der Waals surface area contributed by atoms with Crippen LogP contribution in [0.3, 0.4) is 0 Å². The number of carboxylic acids is 1. The number of carbonyl (C=O) groups is 2. The van der Waals surface area contributed by atoms with Gasteiger partial charge >= 0.3 is 12.0 Å². The minimum Gasteiger partial charge on any atom is -0.481 e. The SMILES string of the molecule is CN(CCCC(=O)O)C(=O)Nc1nnns1. The van der Waals surface area contributed by atoms with E-state index >= 15 is 0 Å². The summed E-state index contributed by atoms with van der Waals surface area (Å²) in [6.07, 6.45) is 0.450. The quantitative estimate of drug-likeness (QED) is 0.770. The molecule has 1 aromatic heterocycles. The van der Waals surface area contributed by atoms with E-state index in [1.807, 2.05) is 0 Å². The van der Waals surface area contributed by atoms with Crippen molar-refractivity contribution in [3.8, 4) is 0 Å². The zero-order valence-electron chi connectivity index (χ0n) is 8.58. The van der Waals surface area contributed by atoms with Gasteiger partial charge in [-0.15, -0.1) is 0 Å². The van der Waals surface area contributed by atoms with Crippen LogP contribution < -0.4 is 5.32 Å². The van der Waals surface area contributed by atoms with Crippen molar-refractivity contribution in [2.24, 2.45) is 0 Å². The van der Waals surface area contributed by atoms with Crippen LogP contribution in [-0.4, -0.2) is 50.4 Å². The Balaban J connectivity index is 2.28. The van der Waals surface area contributed by atoms with Gasteiger partial charge in [-0.1, -0.05) is 9.59 Å². The van der Waals surface area contributed by atoms with Crippen LogP contribution in [0.4, 0.5) is 9.93 Å². The summed E-state index contributed by atoms with van der Waals surface area (Å²) in [4.78, 5) is 23.1. The molecule has 2 amide bonds. The summed E-state index contributed by atoms with van der Waals surface area (Å²) in [5.74, 6) is -0.873. The molecule has 0 aromatic carbocycles. The Morgan fingerprint density at radius 3 is 2.88 bits per heavy atom. The molecule has 9 heteroatoms. The van der Waals surface area contributed by atoms with Gasteiger partial charge in [0.05, 0.1) is 0 Å². The van der Waals surface area contributed by atoms with Gasteiger partial charge in [0.25, 0.3) is 0 Å². The first kappa shape index (κ1) is 12.3. The molecule has 1 aromatic rings. The van der Waals surface area contributed by atoms with Crippen LogP contribution in [-0.2, 0) is 4.79 Å². The highest BCUT2D eigenvalue weighted by molar-refractivity contribution is 7.09. The van der Waals surface area contributed by atoms with Crippen molar-refractivity contribution < 1.29 is 14.7 Å². The van der Waals surface area contributed by atoms with Gasteiger partial charge in [-0.25, -0.2) is 4.79 Å². The lowest BCUT2D eigenvalue weighted by Gasteiger charge is -2.15. The molecule has 0 unspecified atom stereocenters. The van der Waals surface area contributed by atoms with Crippen molar-refractivity contribution in [1.82, 2.24) is 19.7 Å². The molecule has 0 bridgehead atoms. The van der Waals surface area contributed by atoms with Crippen LogP contribution in [0.25, 0.3) is 0 Å². The summed E-state index contributed by atoms with van der Waals surface area (Å²) >= 11 is 0.972. The number of carboxylic acid groups (broad SMARTS) is 1. The second kappa shape index (κ2) is 5.95. The second-order valence-electron chi connectivity index (χ2n) is 3.02. The Kier molecular flexibility index (Phi) is 4.58. The molecule has 1 rings (SSSR count). The van der Waals surface area contributed by atoms with Gasteiger partial charge in [-0.05, 0) is 11.6 Å². The first-order valence-corrected chi connectivity index (χ1v) is 5.26. The van der Waals surface area contributed by atoms with E-state index in [1.165, 1.54) is 4.90 Å². The van der Waals surface area contributed by atoms with Crippen LogP contribution in [0.15, 0.2) is 0 Å². The first-order valence-electron chi connectivity index (χ1n) is 4.48. The highest BCUT2D eigenvalue weighted by Crippen LogP contribution is 2.05. The predicted molar refractivity (Wildman–Crippen MR) is 56.2 cm³/mol. The van der Waals surface area contributed by atoms with Gasteiger partial charge in [-0.3, -0.25) is 10.1 Å². The number of rotatable bonds is 5. The van der Waals surface area contributed by atoms with Crippen molar-refractivity contribution in [2.75, 3.05) is 18.9 Å². The molecule has 0 spiro atoms. The van der Waals surface area contributed by atoms with E-state index < -0.39 is 5.97 Å². The molecule has 0 aliphatic rings. The van der Waals surface area contributed by atoms with Gasteiger partial charge in [0.2, 0.25) is 5.13 Å². The highest BCUT2D eigenvalue weighted by Gasteiger charge is 2.10. The van der Waals surface area contributed by atoms with Crippen LogP contribution in [0.1, 0.15) is 12.8 Å². The molecule has 0 radical (unpaired) electrons. The predicted octanol–water partition coefficient (Wildman–Crippen LogP) is 0.262. The van der Waals surface area contributed by atoms with Gasteiger partial charge in [0, 0.05) is 31.5 Å². The fraction of sp³-hybridized carbons (Fsp3) is 0.571. The number of hydrogen-bond acceptors (Lipinski definition) is 6. The Bertz CT molecular complexity index is 355. The number of nitrogens with zero attached hydrogens (tertiary/aromatic N) is 4. The fourth-order valence-corrected chi connectivity index (χ4v) is 1.29. The minimum absolute atomic E-state index is 0.0397. The van der Waals surface area contributed by atoms with Crippen LogP contribution in [0.2, 0.25) is 0 Å². The summed E-state index contributed by atoms with van der Waals surface area (Å²) in [5.41, 5.74) is 0. The summed E-state index contributed by atoms with van der Waals surface area (Å²) in [6.45, 7) is 0.365. The number of aliphatic carboxylic acids is 1. The lowest BCUT2D eigenvalue weighted by molar-refractivity contribution is -0.137. The molecular formula is C7H11N5O3S. The fourth-order valence-electron chi connectivity index (χ4n) is 0.938. The van der Waals surface area contributed by atoms with Crippen molar-refractivity contribution in [3.05, 3.63) is 0 Å². The Morgan fingerprint density at radius 1 is 1.56 bits per heavy atom. The van der Waals surface area contributed by atoms with Crippen molar-refractivity contribution in [3.63, 3.8) is 0 Å². The normalized spacial score (nSPS) is 9.81. The third-order valence-electron chi connectivity index (χ3n) is 1.74. The van der Waals surface area contributed by atoms with Gasteiger partial charge in [-0.2, -0.15) is 0 Å². The number of amides is 2. The molecule has 0 saturated carbocycles. The highest BCUT2D eigenvalue weighted by atomic mass is 32.1. The number of urea groups is 1.